The molecule has 3 heterocycles. The Morgan fingerprint density at radius 1 is 1.25 bits per heavy atom. The number of hydrogen-bond donors (Lipinski definition) is 1. The van der Waals surface area contributed by atoms with E-state index in [4.69, 9.17) is 11.6 Å². The molecule has 0 aliphatic carbocycles. The third-order valence-electron chi connectivity index (χ3n) is 2.79. The minimum Gasteiger partial charge on any atom is -0.347 e. The van der Waals surface area contributed by atoms with Gasteiger partial charge in [-0.2, -0.15) is 0 Å². The highest BCUT2D eigenvalue weighted by atomic mass is 35.5. The van der Waals surface area contributed by atoms with Crippen molar-refractivity contribution in [1.82, 2.24) is 15.3 Å². The Morgan fingerprint density at radius 3 is 2.80 bits per heavy atom. The topological polar surface area (TPSA) is 54.9 Å². The molecule has 0 atom stereocenters. The zero-order valence-corrected chi connectivity index (χ0v) is 11.9. The number of aromatic nitrogens is 2. The number of halogens is 1. The molecular weight excluding hydrogens is 294 g/mol. The van der Waals surface area contributed by atoms with Crippen LogP contribution in [-0.2, 0) is 6.54 Å². The highest BCUT2D eigenvalue weighted by Crippen LogP contribution is 2.30. The Labute approximate surface area is 124 Å². The largest absolute Gasteiger partial charge is 0.347 e. The molecule has 0 saturated heterocycles. The van der Waals surface area contributed by atoms with Crippen molar-refractivity contribution in [2.75, 3.05) is 0 Å². The third-order valence-corrected chi connectivity index (χ3v) is 4.37. The molecule has 0 aromatic carbocycles. The van der Waals surface area contributed by atoms with Gasteiger partial charge < -0.3 is 5.32 Å². The van der Waals surface area contributed by atoms with Crippen molar-refractivity contribution in [3.05, 3.63) is 58.3 Å². The molecule has 3 aromatic rings. The van der Waals surface area contributed by atoms with Crippen LogP contribution >= 0.6 is 22.9 Å². The van der Waals surface area contributed by atoms with E-state index in [-0.39, 0.29) is 5.91 Å². The molecule has 0 unspecified atom stereocenters. The summed E-state index contributed by atoms with van der Waals surface area (Å²) in [6.07, 6.45) is 5.03. The van der Waals surface area contributed by atoms with Gasteiger partial charge in [0.25, 0.3) is 5.91 Å². The van der Waals surface area contributed by atoms with Crippen LogP contribution in [0.4, 0.5) is 0 Å². The van der Waals surface area contributed by atoms with Gasteiger partial charge in [-0.15, -0.1) is 11.3 Å². The van der Waals surface area contributed by atoms with Crippen LogP contribution in [0.5, 0.6) is 0 Å². The van der Waals surface area contributed by atoms with Crippen LogP contribution in [0.2, 0.25) is 5.02 Å². The summed E-state index contributed by atoms with van der Waals surface area (Å²) in [5.74, 6) is -0.124. The molecular formula is C14H10ClN3OS. The predicted molar refractivity (Wildman–Crippen MR) is 80.0 cm³/mol. The van der Waals surface area contributed by atoms with E-state index in [1.165, 1.54) is 11.3 Å². The summed E-state index contributed by atoms with van der Waals surface area (Å²) in [6, 6.07) is 7.21. The Hall–Kier alpha value is -1.98. The molecule has 0 bridgehead atoms. The van der Waals surface area contributed by atoms with Gasteiger partial charge in [0.2, 0.25) is 0 Å². The van der Waals surface area contributed by atoms with Crippen LogP contribution in [-0.4, -0.2) is 15.9 Å². The SMILES string of the molecule is O=C(NCc1ccncc1)c1cc2nccc(Cl)c2s1. The zero-order valence-electron chi connectivity index (χ0n) is 10.3. The number of nitrogens with zero attached hydrogens (tertiary/aromatic N) is 2. The third kappa shape index (κ3) is 2.64. The summed E-state index contributed by atoms with van der Waals surface area (Å²) >= 11 is 7.43. The van der Waals surface area contributed by atoms with E-state index in [0.29, 0.717) is 16.4 Å². The molecule has 1 amide bonds. The van der Waals surface area contributed by atoms with Gasteiger partial charge in [-0.3, -0.25) is 14.8 Å². The van der Waals surface area contributed by atoms with Crippen molar-refractivity contribution in [2.45, 2.75) is 6.54 Å². The molecule has 0 aliphatic rings. The highest BCUT2D eigenvalue weighted by molar-refractivity contribution is 7.21. The Bertz CT molecular complexity index is 757. The van der Waals surface area contributed by atoms with E-state index < -0.39 is 0 Å². The maximum atomic E-state index is 12.1. The number of carbonyl (C=O) groups excluding carboxylic acids is 1. The van der Waals surface area contributed by atoms with Crippen LogP contribution in [0, 0.1) is 0 Å². The lowest BCUT2D eigenvalue weighted by molar-refractivity contribution is 0.0955. The van der Waals surface area contributed by atoms with Crippen molar-refractivity contribution in [1.29, 1.82) is 0 Å². The normalized spacial score (nSPS) is 10.7. The van der Waals surface area contributed by atoms with E-state index in [2.05, 4.69) is 15.3 Å². The van der Waals surface area contributed by atoms with Crippen LogP contribution in [0.25, 0.3) is 10.2 Å². The summed E-state index contributed by atoms with van der Waals surface area (Å²) in [4.78, 5) is 20.9. The summed E-state index contributed by atoms with van der Waals surface area (Å²) in [6.45, 7) is 0.469. The van der Waals surface area contributed by atoms with E-state index in [0.717, 1.165) is 15.8 Å². The Kier molecular flexibility index (Phi) is 3.62. The first kappa shape index (κ1) is 13.0. The monoisotopic (exact) mass is 303 g/mol. The van der Waals surface area contributed by atoms with Crippen LogP contribution in [0.1, 0.15) is 15.2 Å². The van der Waals surface area contributed by atoms with Crippen LogP contribution in [0.15, 0.2) is 42.9 Å². The number of thiophene rings is 1. The van der Waals surface area contributed by atoms with E-state index in [9.17, 15) is 4.79 Å². The number of nitrogens with one attached hydrogen (secondary N) is 1. The van der Waals surface area contributed by atoms with Crippen molar-refractivity contribution < 1.29 is 4.79 Å². The molecule has 3 aromatic heterocycles. The summed E-state index contributed by atoms with van der Waals surface area (Å²) in [5.41, 5.74) is 1.75. The van der Waals surface area contributed by atoms with Gasteiger partial charge in [0.05, 0.1) is 20.1 Å². The second kappa shape index (κ2) is 5.56. The fraction of sp³-hybridized carbons (Fsp3) is 0.0714. The lowest BCUT2D eigenvalue weighted by atomic mass is 10.2. The molecule has 20 heavy (non-hydrogen) atoms. The predicted octanol–water partition coefficient (Wildman–Crippen LogP) is 3.27. The first-order chi connectivity index (χ1) is 9.74. The summed E-state index contributed by atoms with van der Waals surface area (Å²) in [7, 11) is 0. The summed E-state index contributed by atoms with van der Waals surface area (Å²) < 4.78 is 0.836. The molecule has 3 rings (SSSR count). The van der Waals surface area contributed by atoms with Crippen LogP contribution in [0.3, 0.4) is 0 Å². The van der Waals surface area contributed by atoms with Gasteiger partial charge in [0.15, 0.2) is 0 Å². The molecule has 100 valence electrons. The Balaban J connectivity index is 1.77. The molecule has 1 N–H and O–H groups in total. The number of hydrogen-bond acceptors (Lipinski definition) is 4. The smallest absolute Gasteiger partial charge is 0.261 e. The summed E-state index contributed by atoms with van der Waals surface area (Å²) in [5, 5.41) is 3.49. The molecule has 0 fully saturated rings. The average molecular weight is 304 g/mol. The second-order valence-electron chi connectivity index (χ2n) is 4.16. The second-order valence-corrected chi connectivity index (χ2v) is 5.62. The Morgan fingerprint density at radius 2 is 2.05 bits per heavy atom. The molecule has 0 aliphatic heterocycles. The standard InChI is InChI=1S/C14H10ClN3OS/c15-10-3-6-17-11-7-12(20-13(10)11)14(19)18-8-9-1-4-16-5-2-9/h1-7H,8H2,(H,18,19). The van der Waals surface area contributed by atoms with Crippen LogP contribution < -0.4 is 5.32 Å². The molecule has 0 saturated carbocycles. The zero-order chi connectivity index (χ0) is 13.9. The number of pyridine rings is 2. The molecule has 6 heteroatoms. The number of rotatable bonds is 3. The fourth-order valence-corrected chi connectivity index (χ4v) is 3.00. The van der Waals surface area contributed by atoms with Gasteiger partial charge in [0.1, 0.15) is 0 Å². The van der Waals surface area contributed by atoms with Gasteiger partial charge in [-0.05, 0) is 29.8 Å². The maximum absolute atomic E-state index is 12.1. The number of fused-ring (bicyclic) bond motifs is 1. The van der Waals surface area contributed by atoms with Gasteiger partial charge in [0, 0.05) is 25.1 Å². The van der Waals surface area contributed by atoms with Gasteiger partial charge in [-0.1, -0.05) is 11.6 Å². The molecule has 4 nitrogen and oxygen atoms in total. The van der Waals surface area contributed by atoms with Gasteiger partial charge in [-0.25, -0.2) is 0 Å². The lowest BCUT2D eigenvalue weighted by Crippen LogP contribution is -2.21. The van der Waals surface area contributed by atoms with E-state index >= 15 is 0 Å². The maximum Gasteiger partial charge on any atom is 0.261 e. The number of carbonyl (C=O) groups is 1. The van der Waals surface area contributed by atoms with E-state index in [1.54, 1.807) is 30.7 Å². The molecule has 0 spiro atoms. The first-order valence-electron chi connectivity index (χ1n) is 5.95. The minimum atomic E-state index is -0.124. The van der Waals surface area contributed by atoms with E-state index in [1.807, 2.05) is 12.1 Å². The lowest BCUT2D eigenvalue weighted by Gasteiger charge is -2.02. The van der Waals surface area contributed by atoms with Crippen molar-refractivity contribution in [3.8, 4) is 0 Å². The van der Waals surface area contributed by atoms with Crippen molar-refractivity contribution in [2.24, 2.45) is 0 Å². The molecule has 0 radical (unpaired) electrons. The van der Waals surface area contributed by atoms with Crippen molar-refractivity contribution in [3.63, 3.8) is 0 Å². The minimum absolute atomic E-state index is 0.124. The average Bonchev–Trinajstić information content (AvgIpc) is 2.91. The first-order valence-corrected chi connectivity index (χ1v) is 7.14. The fourth-order valence-electron chi connectivity index (χ4n) is 1.79. The van der Waals surface area contributed by atoms with Gasteiger partial charge >= 0.3 is 0 Å². The van der Waals surface area contributed by atoms with Crippen molar-refractivity contribution >= 4 is 39.1 Å². The quantitative estimate of drug-likeness (QED) is 0.808. The highest BCUT2D eigenvalue weighted by Gasteiger charge is 2.12. The number of amides is 1.